The van der Waals surface area contributed by atoms with Gasteiger partial charge >= 0.3 is 0 Å². The molecule has 0 aliphatic carbocycles. The van der Waals surface area contributed by atoms with E-state index in [-0.39, 0.29) is 5.78 Å². The first kappa shape index (κ1) is 26.5. The van der Waals surface area contributed by atoms with Crippen molar-refractivity contribution in [3.63, 3.8) is 0 Å². The third-order valence-electron chi connectivity index (χ3n) is 5.40. The van der Waals surface area contributed by atoms with Crippen molar-refractivity contribution in [1.82, 2.24) is 0 Å². The first-order chi connectivity index (χ1) is 16.1. The Morgan fingerprint density at radius 2 is 1.30 bits per heavy atom. The fourth-order valence-electron chi connectivity index (χ4n) is 3.30. The molecule has 0 atom stereocenters. The zero-order valence-electron chi connectivity index (χ0n) is 20.8. The average molecular weight is 453 g/mol. The topological polar surface area (TPSA) is 44.8 Å². The quantitative estimate of drug-likeness (QED) is 0.149. The monoisotopic (exact) mass is 452 g/mol. The summed E-state index contributed by atoms with van der Waals surface area (Å²) in [7, 11) is 0. The molecule has 0 bridgehead atoms. The highest BCUT2D eigenvalue weighted by Gasteiger charge is 2.17. The molecule has 0 radical (unpaired) electrons. The Hall–Kier alpha value is -2.75. The molecule has 4 heteroatoms. The standard InChI is InChI=1S/C29H40O4/c1-5-9-19-31-26-18-15-23(8-4)22-24(26)16-17-25(30)29-27(32-20-10-6-2)13-12-14-28(29)33-21-11-7-3/h12-18,22H,5-11,19-21H2,1-4H3. The van der Waals surface area contributed by atoms with Gasteiger partial charge in [0, 0.05) is 5.56 Å². The molecule has 2 aromatic carbocycles. The van der Waals surface area contributed by atoms with Crippen LogP contribution < -0.4 is 14.2 Å². The highest BCUT2D eigenvalue weighted by Crippen LogP contribution is 2.31. The van der Waals surface area contributed by atoms with Gasteiger partial charge in [0.15, 0.2) is 5.78 Å². The van der Waals surface area contributed by atoms with Gasteiger partial charge < -0.3 is 14.2 Å². The summed E-state index contributed by atoms with van der Waals surface area (Å²) in [5.74, 6) is 1.83. The third kappa shape index (κ3) is 8.60. The van der Waals surface area contributed by atoms with E-state index in [0.29, 0.717) is 36.9 Å². The summed E-state index contributed by atoms with van der Waals surface area (Å²) >= 11 is 0. The predicted molar refractivity (Wildman–Crippen MR) is 137 cm³/mol. The molecular weight excluding hydrogens is 412 g/mol. The number of carbonyl (C=O) groups is 1. The Balaban J connectivity index is 2.33. The van der Waals surface area contributed by atoms with Crippen molar-refractivity contribution in [2.75, 3.05) is 19.8 Å². The van der Waals surface area contributed by atoms with Gasteiger partial charge in [-0.3, -0.25) is 4.79 Å². The Morgan fingerprint density at radius 1 is 0.758 bits per heavy atom. The van der Waals surface area contributed by atoms with Gasteiger partial charge in [-0.1, -0.05) is 59.1 Å². The van der Waals surface area contributed by atoms with E-state index in [1.165, 1.54) is 5.56 Å². The van der Waals surface area contributed by atoms with Crippen LogP contribution in [0.5, 0.6) is 17.2 Å². The van der Waals surface area contributed by atoms with Gasteiger partial charge in [-0.25, -0.2) is 0 Å². The minimum atomic E-state index is -0.130. The second kappa shape index (κ2) is 15.2. The number of hydrogen-bond acceptors (Lipinski definition) is 4. The number of rotatable bonds is 16. The van der Waals surface area contributed by atoms with E-state index in [4.69, 9.17) is 14.2 Å². The largest absolute Gasteiger partial charge is 0.493 e. The van der Waals surface area contributed by atoms with Crippen LogP contribution in [0.1, 0.15) is 87.7 Å². The fourth-order valence-corrected chi connectivity index (χ4v) is 3.30. The van der Waals surface area contributed by atoms with Crippen molar-refractivity contribution in [2.45, 2.75) is 72.6 Å². The van der Waals surface area contributed by atoms with E-state index < -0.39 is 0 Å². The molecule has 0 aliphatic heterocycles. The van der Waals surface area contributed by atoms with Crippen molar-refractivity contribution in [2.24, 2.45) is 0 Å². The van der Waals surface area contributed by atoms with E-state index in [9.17, 15) is 4.79 Å². The van der Waals surface area contributed by atoms with Gasteiger partial charge in [0.2, 0.25) is 0 Å². The maximum atomic E-state index is 13.4. The lowest BCUT2D eigenvalue weighted by atomic mass is 10.0. The van der Waals surface area contributed by atoms with Crippen LogP contribution >= 0.6 is 0 Å². The van der Waals surface area contributed by atoms with Crippen molar-refractivity contribution in [3.05, 3.63) is 59.2 Å². The number of ketones is 1. The molecule has 0 heterocycles. The molecule has 0 aromatic heterocycles. The highest BCUT2D eigenvalue weighted by atomic mass is 16.5. The lowest BCUT2D eigenvalue weighted by Gasteiger charge is -2.15. The Labute approximate surface area is 200 Å². The van der Waals surface area contributed by atoms with Gasteiger partial charge in [-0.15, -0.1) is 0 Å². The summed E-state index contributed by atoms with van der Waals surface area (Å²) in [5, 5.41) is 0. The van der Waals surface area contributed by atoms with Crippen LogP contribution in [0.25, 0.3) is 6.08 Å². The molecule has 0 aliphatic rings. The summed E-state index contributed by atoms with van der Waals surface area (Å²) in [6.07, 6.45) is 10.4. The smallest absolute Gasteiger partial charge is 0.193 e. The van der Waals surface area contributed by atoms with Crippen molar-refractivity contribution < 1.29 is 19.0 Å². The molecule has 0 saturated heterocycles. The first-order valence-corrected chi connectivity index (χ1v) is 12.5. The third-order valence-corrected chi connectivity index (χ3v) is 5.40. The maximum Gasteiger partial charge on any atom is 0.193 e. The first-order valence-electron chi connectivity index (χ1n) is 12.5. The number of aryl methyl sites for hydroxylation is 1. The molecule has 2 aromatic rings. The lowest BCUT2D eigenvalue weighted by molar-refractivity contribution is 0.103. The number of carbonyl (C=O) groups excluding carboxylic acids is 1. The van der Waals surface area contributed by atoms with Crippen LogP contribution in [0.15, 0.2) is 42.5 Å². The Bertz CT molecular complexity index is 857. The number of hydrogen-bond donors (Lipinski definition) is 0. The van der Waals surface area contributed by atoms with Crippen LogP contribution in [-0.2, 0) is 6.42 Å². The van der Waals surface area contributed by atoms with E-state index in [1.54, 1.807) is 6.08 Å². The number of unbranched alkanes of at least 4 members (excludes halogenated alkanes) is 3. The van der Waals surface area contributed by atoms with Crippen molar-refractivity contribution >= 4 is 11.9 Å². The van der Waals surface area contributed by atoms with Crippen LogP contribution in [0.3, 0.4) is 0 Å². The van der Waals surface area contributed by atoms with E-state index in [0.717, 1.165) is 56.3 Å². The van der Waals surface area contributed by atoms with Crippen molar-refractivity contribution in [1.29, 1.82) is 0 Å². The van der Waals surface area contributed by atoms with Crippen molar-refractivity contribution in [3.8, 4) is 17.2 Å². The summed E-state index contributed by atoms with van der Waals surface area (Å²) in [6.45, 7) is 10.3. The van der Waals surface area contributed by atoms with E-state index >= 15 is 0 Å². The van der Waals surface area contributed by atoms with Gasteiger partial charge in [0.25, 0.3) is 0 Å². The molecule has 4 nitrogen and oxygen atoms in total. The number of allylic oxidation sites excluding steroid dienone is 1. The molecule has 0 fully saturated rings. The molecule has 0 amide bonds. The summed E-state index contributed by atoms with van der Waals surface area (Å²) in [4.78, 5) is 13.4. The number of benzene rings is 2. The zero-order chi connectivity index (χ0) is 23.9. The average Bonchev–Trinajstić information content (AvgIpc) is 2.83. The van der Waals surface area contributed by atoms with Crippen LogP contribution in [0.4, 0.5) is 0 Å². The van der Waals surface area contributed by atoms with Crippen LogP contribution in [-0.4, -0.2) is 25.6 Å². The SMILES string of the molecule is CCCCOc1ccc(CC)cc1C=CC(=O)c1c(OCCCC)cccc1OCCCC. The molecule has 0 saturated carbocycles. The molecule has 0 unspecified atom stereocenters. The second-order valence-corrected chi connectivity index (χ2v) is 8.16. The maximum absolute atomic E-state index is 13.4. The van der Waals surface area contributed by atoms with Gasteiger partial charge in [0.05, 0.1) is 19.8 Å². The molecule has 0 spiro atoms. The lowest BCUT2D eigenvalue weighted by Crippen LogP contribution is -2.08. The summed E-state index contributed by atoms with van der Waals surface area (Å²) < 4.78 is 17.9. The fraction of sp³-hybridized carbons (Fsp3) is 0.483. The summed E-state index contributed by atoms with van der Waals surface area (Å²) in [6, 6.07) is 11.7. The van der Waals surface area contributed by atoms with E-state index in [1.807, 2.05) is 30.3 Å². The van der Waals surface area contributed by atoms with Gasteiger partial charge in [-0.2, -0.15) is 0 Å². The highest BCUT2D eigenvalue weighted by molar-refractivity contribution is 6.10. The van der Waals surface area contributed by atoms with Crippen LogP contribution in [0, 0.1) is 0 Å². The van der Waals surface area contributed by atoms with E-state index in [2.05, 4.69) is 39.8 Å². The molecular formula is C29H40O4. The minimum absolute atomic E-state index is 0.130. The predicted octanol–water partition coefficient (Wildman–Crippen LogP) is 7.68. The molecule has 2 rings (SSSR count). The Kier molecular flexibility index (Phi) is 12.2. The normalized spacial score (nSPS) is 11.0. The zero-order valence-corrected chi connectivity index (χ0v) is 20.8. The van der Waals surface area contributed by atoms with Gasteiger partial charge in [-0.05, 0) is 67.7 Å². The molecule has 33 heavy (non-hydrogen) atoms. The molecule has 180 valence electrons. The Morgan fingerprint density at radius 3 is 1.82 bits per heavy atom. The molecule has 0 N–H and O–H groups in total. The summed E-state index contributed by atoms with van der Waals surface area (Å²) in [5.41, 5.74) is 2.61. The number of ether oxygens (including phenoxy) is 3. The second-order valence-electron chi connectivity index (χ2n) is 8.16. The minimum Gasteiger partial charge on any atom is -0.493 e. The van der Waals surface area contributed by atoms with Gasteiger partial charge in [0.1, 0.15) is 22.8 Å². The van der Waals surface area contributed by atoms with Crippen LogP contribution in [0.2, 0.25) is 0 Å².